The van der Waals surface area contributed by atoms with Crippen LogP contribution in [0.4, 0.5) is 4.39 Å². The maximum Gasteiger partial charge on any atom is 0.132 e. The summed E-state index contributed by atoms with van der Waals surface area (Å²) in [7, 11) is 0. The lowest BCUT2D eigenvalue weighted by Gasteiger charge is -2.14. The number of imidazole rings is 1. The van der Waals surface area contributed by atoms with Crippen LogP contribution in [0.5, 0.6) is 0 Å². The summed E-state index contributed by atoms with van der Waals surface area (Å²) in [4.78, 5) is 4.57. The molecule has 0 amide bonds. The van der Waals surface area contributed by atoms with Crippen molar-refractivity contribution in [2.75, 3.05) is 0 Å². The zero-order chi connectivity index (χ0) is 15.0. The first-order valence-electron chi connectivity index (χ1n) is 7.02. The fraction of sp³-hybridized carbons (Fsp3) is 0.235. The maximum atomic E-state index is 13.7. The molecule has 1 heterocycles. The highest BCUT2D eigenvalue weighted by molar-refractivity contribution is 6.20. The van der Waals surface area contributed by atoms with Gasteiger partial charge >= 0.3 is 0 Å². The Kier molecular flexibility index (Phi) is 3.68. The number of benzene rings is 2. The van der Waals surface area contributed by atoms with E-state index in [1.54, 1.807) is 6.07 Å². The highest BCUT2D eigenvalue weighted by atomic mass is 35.5. The third-order valence-corrected chi connectivity index (χ3v) is 3.81. The topological polar surface area (TPSA) is 17.8 Å². The minimum Gasteiger partial charge on any atom is -0.295 e. The summed E-state index contributed by atoms with van der Waals surface area (Å²) in [5, 5.41) is -0.259. The van der Waals surface area contributed by atoms with E-state index in [1.165, 1.54) is 17.7 Å². The van der Waals surface area contributed by atoms with E-state index in [1.807, 2.05) is 29.7 Å². The molecule has 0 spiro atoms. The molecule has 1 atom stereocenters. The van der Waals surface area contributed by atoms with Crippen molar-refractivity contribution >= 4 is 22.6 Å². The minimum absolute atomic E-state index is 0.259. The Hall–Kier alpha value is -1.87. The summed E-state index contributed by atoms with van der Waals surface area (Å²) in [6, 6.07) is 12.7. The molecule has 0 aliphatic rings. The molecule has 108 valence electrons. The minimum atomic E-state index is -0.272. The van der Waals surface area contributed by atoms with Gasteiger partial charge in [-0.2, -0.15) is 0 Å². The number of fused-ring (bicyclic) bond motifs is 1. The zero-order valence-corrected chi connectivity index (χ0v) is 12.7. The van der Waals surface area contributed by atoms with Crippen LogP contribution in [0.1, 0.15) is 30.6 Å². The van der Waals surface area contributed by atoms with Gasteiger partial charge in [0.1, 0.15) is 11.6 Å². The second kappa shape index (κ2) is 5.49. The smallest absolute Gasteiger partial charge is 0.132 e. The first kappa shape index (κ1) is 14.1. The molecular formula is C17H16ClFN2. The molecule has 4 heteroatoms. The molecule has 0 aliphatic carbocycles. The van der Waals surface area contributed by atoms with E-state index in [-0.39, 0.29) is 11.2 Å². The van der Waals surface area contributed by atoms with Gasteiger partial charge in [-0.05, 0) is 37.1 Å². The molecule has 3 aromatic rings. The van der Waals surface area contributed by atoms with Crippen LogP contribution in [0.3, 0.4) is 0 Å². The molecule has 0 N–H and O–H groups in total. The van der Waals surface area contributed by atoms with Crippen LogP contribution in [0, 0.1) is 5.82 Å². The Morgan fingerprint density at radius 2 is 2.00 bits per heavy atom. The second-order valence-electron chi connectivity index (χ2n) is 5.04. The summed E-state index contributed by atoms with van der Waals surface area (Å²) in [5.41, 5.74) is 3.69. The first-order valence-corrected chi connectivity index (χ1v) is 7.45. The monoisotopic (exact) mass is 302 g/mol. The number of aromatic nitrogens is 2. The molecule has 2 aromatic carbocycles. The quantitative estimate of drug-likeness (QED) is 0.621. The number of aryl methyl sites for hydroxylation is 1. The zero-order valence-electron chi connectivity index (χ0n) is 12.0. The van der Waals surface area contributed by atoms with Crippen molar-refractivity contribution in [3.05, 3.63) is 59.7 Å². The van der Waals surface area contributed by atoms with Crippen LogP contribution in [-0.4, -0.2) is 9.55 Å². The lowest BCUT2D eigenvalue weighted by atomic mass is 10.1. The summed E-state index contributed by atoms with van der Waals surface area (Å²) < 4.78 is 15.6. The van der Waals surface area contributed by atoms with Crippen molar-refractivity contribution in [2.24, 2.45) is 0 Å². The highest BCUT2D eigenvalue weighted by Gasteiger charge is 2.18. The predicted molar refractivity (Wildman–Crippen MR) is 84.7 cm³/mol. The molecule has 1 aromatic heterocycles. The van der Waals surface area contributed by atoms with Gasteiger partial charge < -0.3 is 0 Å². The molecule has 0 saturated heterocycles. The van der Waals surface area contributed by atoms with Gasteiger partial charge in [-0.15, -0.1) is 11.6 Å². The van der Waals surface area contributed by atoms with E-state index < -0.39 is 0 Å². The highest BCUT2D eigenvalue weighted by Crippen LogP contribution is 2.30. The normalized spacial score (nSPS) is 12.8. The average Bonchev–Trinajstić information content (AvgIpc) is 2.85. The molecule has 0 radical (unpaired) electrons. The number of nitrogens with zero attached hydrogens (tertiary/aromatic N) is 2. The van der Waals surface area contributed by atoms with E-state index in [4.69, 9.17) is 11.6 Å². The van der Waals surface area contributed by atoms with Crippen LogP contribution in [0.2, 0.25) is 0 Å². The molecule has 2 nitrogen and oxygen atoms in total. The van der Waals surface area contributed by atoms with Crippen molar-refractivity contribution in [1.29, 1.82) is 0 Å². The number of para-hydroxylation sites is 1. The van der Waals surface area contributed by atoms with E-state index in [0.29, 0.717) is 0 Å². The van der Waals surface area contributed by atoms with Crippen molar-refractivity contribution in [2.45, 2.75) is 25.6 Å². The molecule has 0 bridgehead atoms. The molecule has 3 rings (SSSR count). The van der Waals surface area contributed by atoms with Crippen molar-refractivity contribution in [3.8, 4) is 5.69 Å². The molecule has 21 heavy (non-hydrogen) atoms. The number of alkyl halides is 1. The van der Waals surface area contributed by atoms with Crippen molar-refractivity contribution in [1.82, 2.24) is 9.55 Å². The van der Waals surface area contributed by atoms with Gasteiger partial charge in [0, 0.05) is 6.07 Å². The number of hydrogen-bond donors (Lipinski definition) is 0. The molecular weight excluding hydrogens is 287 g/mol. The number of hydrogen-bond acceptors (Lipinski definition) is 1. The Morgan fingerprint density at radius 3 is 2.71 bits per heavy atom. The van der Waals surface area contributed by atoms with Gasteiger partial charge in [0.25, 0.3) is 0 Å². The summed E-state index contributed by atoms with van der Waals surface area (Å²) >= 11 is 6.29. The Morgan fingerprint density at radius 1 is 1.24 bits per heavy atom. The number of halogens is 2. The summed E-state index contributed by atoms with van der Waals surface area (Å²) in [6.07, 6.45) is 0.890. The molecule has 0 aliphatic heterocycles. The molecule has 0 saturated carbocycles. The van der Waals surface area contributed by atoms with E-state index in [9.17, 15) is 4.39 Å². The maximum absolute atomic E-state index is 13.7. The third-order valence-electron chi connectivity index (χ3n) is 3.61. The average molecular weight is 303 g/mol. The van der Waals surface area contributed by atoms with E-state index in [0.717, 1.165) is 29.0 Å². The lowest BCUT2D eigenvalue weighted by molar-refractivity contribution is 0.629. The summed E-state index contributed by atoms with van der Waals surface area (Å²) in [5.74, 6) is 0.463. The number of rotatable bonds is 3. The van der Waals surface area contributed by atoms with E-state index >= 15 is 0 Å². The standard InChI is InChI=1S/C17H16ClFN2/c1-3-12-6-4-5-7-15(12)21-16-10-13(19)8-9-14(16)20-17(21)11(2)18/h4-11H,3H2,1-2H3. The van der Waals surface area contributed by atoms with Gasteiger partial charge in [0.05, 0.1) is 22.1 Å². The molecule has 1 unspecified atom stereocenters. The van der Waals surface area contributed by atoms with Crippen LogP contribution in [-0.2, 0) is 6.42 Å². The van der Waals surface area contributed by atoms with E-state index in [2.05, 4.69) is 18.0 Å². The summed E-state index contributed by atoms with van der Waals surface area (Å²) in [6.45, 7) is 3.98. The Labute approximate surface area is 128 Å². The van der Waals surface area contributed by atoms with Crippen LogP contribution in [0.25, 0.3) is 16.7 Å². The largest absolute Gasteiger partial charge is 0.295 e. The predicted octanol–water partition coefficient (Wildman–Crippen LogP) is 5.03. The van der Waals surface area contributed by atoms with Crippen molar-refractivity contribution < 1.29 is 4.39 Å². The van der Waals surface area contributed by atoms with Gasteiger partial charge in [-0.25, -0.2) is 9.37 Å². The van der Waals surface area contributed by atoms with Crippen molar-refractivity contribution in [3.63, 3.8) is 0 Å². The molecule has 0 fully saturated rings. The van der Waals surface area contributed by atoms with Crippen LogP contribution < -0.4 is 0 Å². The Bertz CT molecular complexity index is 793. The first-order chi connectivity index (χ1) is 10.1. The van der Waals surface area contributed by atoms with Gasteiger partial charge in [-0.3, -0.25) is 4.57 Å². The SMILES string of the molecule is CCc1ccccc1-n1c(C(C)Cl)nc2ccc(F)cc21. The Balaban J connectivity index is 2.38. The lowest BCUT2D eigenvalue weighted by Crippen LogP contribution is -2.04. The second-order valence-corrected chi connectivity index (χ2v) is 5.69. The fourth-order valence-electron chi connectivity index (χ4n) is 2.62. The van der Waals surface area contributed by atoms with Gasteiger partial charge in [-0.1, -0.05) is 25.1 Å². The third kappa shape index (κ3) is 2.42. The van der Waals surface area contributed by atoms with Gasteiger partial charge in [0.15, 0.2) is 0 Å². The fourth-order valence-corrected chi connectivity index (χ4v) is 2.76. The van der Waals surface area contributed by atoms with Crippen LogP contribution in [0.15, 0.2) is 42.5 Å². The van der Waals surface area contributed by atoms with Gasteiger partial charge in [0.2, 0.25) is 0 Å². The van der Waals surface area contributed by atoms with Crippen LogP contribution >= 0.6 is 11.6 Å².